The van der Waals surface area contributed by atoms with Crippen molar-refractivity contribution in [1.29, 1.82) is 0 Å². The molecule has 0 aliphatic carbocycles. The Morgan fingerprint density at radius 3 is 1.75 bits per heavy atom. The molecule has 0 bridgehead atoms. The van der Waals surface area contributed by atoms with Crippen LogP contribution in [0.15, 0.2) is 223 Å². The number of furan rings is 1. The van der Waals surface area contributed by atoms with Crippen LogP contribution in [0.2, 0.25) is 0 Å². The Kier molecular flexibility index (Phi) is 7.54. The zero-order valence-corrected chi connectivity index (χ0v) is 32.1. The summed E-state index contributed by atoms with van der Waals surface area (Å²) in [7, 11) is 0. The summed E-state index contributed by atoms with van der Waals surface area (Å²) in [5.41, 5.74) is 12.9. The van der Waals surface area contributed by atoms with Crippen molar-refractivity contribution in [1.82, 2.24) is 4.57 Å². The molecule has 0 amide bonds. The SMILES string of the molecule is c1ccc(N(c2cccc(-c3cc4ccccc4c4ccccc34)c2)c2ccc(-c3cccc(-n4c5ccccc5c5ccccc54)c3)c3oc4ccccc4c23)cc1. The van der Waals surface area contributed by atoms with Crippen LogP contribution in [-0.4, -0.2) is 4.57 Å². The standard InChI is InChI=1S/C56H36N2O/c1-2-19-40(20-3-1)57(41-21-15-18-38(35-41)50-36-39-16-4-5-23-43(39)45-24-6-7-25-46(45)50)53-33-32-44(56-55(53)49-28-10-13-31-54(49)59-56)37-17-14-22-42(34-37)58-51-29-11-8-26-47(51)48-27-9-12-30-52(48)58/h1-36H. The topological polar surface area (TPSA) is 21.3 Å². The van der Waals surface area contributed by atoms with Gasteiger partial charge in [-0.25, -0.2) is 0 Å². The lowest BCUT2D eigenvalue weighted by Crippen LogP contribution is -2.10. The third-order valence-electron chi connectivity index (χ3n) is 11.9. The van der Waals surface area contributed by atoms with Crippen LogP contribution in [-0.2, 0) is 0 Å². The van der Waals surface area contributed by atoms with Gasteiger partial charge in [-0.1, -0.05) is 146 Å². The van der Waals surface area contributed by atoms with Gasteiger partial charge in [0.25, 0.3) is 0 Å². The molecule has 0 aliphatic heterocycles. The molecule has 0 N–H and O–H groups in total. The van der Waals surface area contributed by atoms with Crippen molar-refractivity contribution in [2.24, 2.45) is 0 Å². The molecule has 3 heteroatoms. The normalized spacial score (nSPS) is 11.7. The van der Waals surface area contributed by atoms with E-state index in [1.54, 1.807) is 0 Å². The molecule has 0 radical (unpaired) electrons. The number of nitrogens with zero attached hydrogens (tertiary/aromatic N) is 2. The van der Waals surface area contributed by atoms with Crippen molar-refractivity contribution in [3.8, 4) is 27.9 Å². The number of rotatable bonds is 6. The van der Waals surface area contributed by atoms with Crippen molar-refractivity contribution in [2.75, 3.05) is 4.90 Å². The maximum Gasteiger partial charge on any atom is 0.145 e. The van der Waals surface area contributed by atoms with E-state index in [2.05, 4.69) is 228 Å². The van der Waals surface area contributed by atoms with E-state index >= 15 is 0 Å². The average molecular weight is 753 g/mol. The largest absolute Gasteiger partial charge is 0.455 e. The molecule has 0 unspecified atom stereocenters. The van der Waals surface area contributed by atoms with E-state index in [0.29, 0.717) is 0 Å². The average Bonchev–Trinajstić information content (AvgIpc) is 3.86. The molecule has 0 saturated carbocycles. The van der Waals surface area contributed by atoms with Gasteiger partial charge in [0.15, 0.2) is 0 Å². The summed E-state index contributed by atoms with van der Waals surface area (Å²) < 4.78 is 9.30. The van der Waals surface area contributed by atoms with E-state index in [1.807, 2.05) is 0 Å². The van der Waals surface area contributed by atoms with E-state index in [4.69, 9.17) is 4.42 Å². The molecule has 0 saturated heterocycles. The maximum atomic E-state index is 6.92. The van der Waals surface area contributed by atoms with Crippen molar-refractivity contribution in [3.63, 3.8) is 0 Å². The Labute approximate surface area is 341 Å². The van der Waals surface area contributed by atoms with Gasteiger partial charge in [0.05, 0.1) is 22.1 Å². The van der Waals surface area contributed by atoms with Gasteiger partial charge in [0.2, 0.25) is 0 Å². The minimum absolute atomic E-state index is 0.860. The number of anilines is 3. The van der Waals surface area contributed by atoms with Gasteiger partial charge in [-0.3, -0.25) is 0 Å². The van der Waals surface area contributed by atoms with Gasteiger partial charge in [0.1, 0.15) is 11.2 Å². The molecule has 3 nitrogen and oxygen atoms in total. The Balaban J connectivity index is 1.07. The third-order valence-corrected chi connectivity index (χ3v) is 11.9. The molecule has 10 aromatic carbocycles. The molecule has 12 aromatic rings. The first-order valence-electron chi connectivity index (χ1n) is 20.2. The van der Waals surface area contributed by atoms with Gasteiger partial charge in [-0.2, -0.15) is 0 Å². The van der Waals surface area contributed by atoms with E-state index in [1.165, 1.54) is 48.9 Å². The molecule has 0 spiro atoms. The second kappa shape index (κ2) is 13.4. The highest BCUT2D eigenvalue weighted by Crippen LogP contribution is 2.47. The van der Waals surface area contributed by atoms with Gasteiger partial charge in [-0.05, 0) is 111 Å². The fourth-order valence-electron chi connectivity index (χ4n) is 9.35. The van der Waals surface area contributed by atoms with Crippen molar-refractivity contribution >= 4 is 82.4 Å². The Bertz CT molecular complexity index is 3520. The molecule has 276 valence electrons. The maximum absolute atomic E-state index is 6.92. The number of hydrogen-bond donors (Lipinski definition) is 0. The fourth-order valence-corrected chi connectivity index (χ4v) is 9.35. The summed E-state index contributed by atoms with van der Waals surface area (Å²) in [4.78, 5) is 2.38. The number of benzene rings is 10. The number of hydrogen-bond acceptors (Lipinski definition) is 2. The monoisotopic (exact) mass is 752 g/mol. The minimum atomic E-state index is 0.860. The summed E-state index contributed by atoms with van der Waals surface area (Å²) in [5, 5.41) is 9.65. The van der Waals surface area contributed by atoms with Crippen molar-refractivity contribution < 1.29 is 4.42 Å². The van der Waals surface area contributed by atoms with Crippen LogP contribution in [0.25, 0.3) is 93.2 Å². The zero-order chi connectivity index (χ0) is 38.9. The summed E-state index contributed by atoms with van der Waals surface area (Å²) in [6.45, 7) is 0. The molecule has 0 atom stereocenters. The quantitative estimate of drug-likeness (QED) is 0.158. The lowest BCUT2D eigenvalue weighted by Gasteiger charge is -2.27. The second-order valence-electron chi connectivity index (χ2n) is 15.3. The lowest BCUT2D eigenvalue weighted by molar-refractivity contribution is 0.670. The highest BCUT2D eigenvalue weighted by atomic mass is 16.3. The highest BCUT2D eigenvalue weighted by Gasteiger charge is 2.23. The molecule has 0 fully saturated rings. The van der Waals surface area contributed by atoms with Crippen LogP contribution >= 0.6 is 0 Å². The van der Waals surface area contributed by atoms with Gasteiger partial charge < -0.3 is 13.9 Å². The highest BCUT2D eigenvalue weighted by molar-refractivity contribution is 6.18. The number of fused-ring (bicyclic) bond motifs is 9. The zero-order valence-electron chi connectivity index (χ0n) is 32.1. The number of aromatic nitrogens is 1. The van der Waals surface area contributed by atoms with E-state index in [0.717, 1.165) is 61.4 Å². The summed E-state index contributed by atoms with van der Waals surface area (Å²) in [6.07, 6.45) is 0. The van der Waals surface area contributed by atoms with Crippen molar-refractivity contribution in [2.45, 2.75) is 0 Å². The van der Waals surface area contributed by atoms with Gasteiger partial charge in [-0.15, -0.1) is 0 Å². The van der Waals surface area contributed by atoms with E-state index in [9.17, 15) is 0 Å². The molecular weight excluding hydrogens is 717 g/mol. The predicted octanol–water partition coefficient (Wildman–Crippen LogP) is 15.8. The van der Waals surface area contributed by atoms with Crippen LogP contribution in [0, 0.1) is 0 Å². The van der Waals surface area contributed by atoms with Crippen LogP contribution in [0.5, 0.6) is 0 Å². The van der Waals surface area contributed by atoms with Gasteiger partial charge >= 0.3 is 0 Å². The van der Waals surface area contributed by atoms with Crippen LogP contribution in [0.4, 0.5) is 17.1 Å². The molecule has 2 heterocycles. The first-order valence-corrected chi connectivity index (χ1v) is 20.2. The molecular formula is C56H36N2O. The summed E-state index contributed by atoms with van der Waals surface area (Å²) >= 11 is 0. The molecule has 2 aromatic heterocycles. The smallest absolute Gasteiger partial charge is 0.145 e. The summed E-state index contributed by atoms with van der Waals surface area (Å²) in [6, 6.07) is 78.6. The molecule has 59 heavy (non-hydrogen) atoms. The second-order valence-corrected chi connectivity index (χ2v) is 15.3. The molecule has 0 aliphatic rings. The van der Waals surface area contributed by atoms with Crippen LogP contribution in [0.3, 0.4) is 0 Å². The Hall–Kier alpha value is -7.88. The van der Waals surface area contributed by atoms with Crippen molar-refractivity contribution in [3.05, 3.63) is 218 Å². The summed E-state index contributed by atoms with van der Waals surface area (Å²) in [5.74, 6) is 0. The van der Waals surface area contributed by atoms with Crippen LogP contribution < -0.4 is 4.90 Å². The predicted molar refractivity (Wildman–Crippen MR) is 249 cm³/mol. The fraction of sp³-hybridized carbons (Fsp3) is 0. The van der Waals surface area contributed by atoms with Gasteiger partial charge in [0, 0.05) is 38.8 Å². The van der Waals surface area contributed by atoms with E-state index in [-0.39, 0.29) is 0 Å². The minimum Gasteiger partial charge on any atom is -0.455 e. The number of para-hydroxylation sites is 4. The first-order chi connectivity index (χ1) is 29.3. The third kappa shape index (κ3) is 5.29. The van der Waals surface area contributed by atoms with E-state index < -0.39 is 0 Å². The molecule has 12 rings (SSSR count). The Morgan fingerprint density at radius 2 is 0.966 bits per heavy atom. The lowest BCUT2D eigenvalue weighted by atomic mass is 9.93. The Morgan fingerprint density at radius 1 is 0.373 bits per heavy atom. The van der Waals surface area contributed by atoms with Crippen LogP contribution in [0.1, 0.15) is 0 Å². The first kappa shape index (κ1) is 33.3.